The van der Waals surface area contributed by atoms with Gasteiger partial charge in [0, 0.05) is 27.7 Å². The highest BCUT2D eigenvalue weighted by Gasteiger charge is 1.98. The minimum Gasteiger partial charge on any atom is -0.361 e. The summed E-state index contributed by atoms with van der Waals surface area (Å²) in [6.07, 6.45) is 1.98. The van der Waals surface area contributed by atoms with Crippen molar-refractivity contribution in [1.29, 1.82) is 0 Å². The Kier molecular flexibility index (Phi) is 2.88. The predicted molar refractivity (Wildman–Crippen MR) is 74.3 cm³/mol. The molecule has 0 saturated heterocycles. The summed E-state index contributed by atoms with van der Waals surface area (Å²) in [5, 5.41) is 1.28. The summed E-state index contributed by atoms with van der Waals surface area (Å²) < 4.78 is 0. The van der Waals surface area contributed by atoms with Crippen LogP contribution in [0.1, 0.15) is 5.56 Å². The van der Waals surface area contributed by atoms with Gasteiger partial charge in [-0.1, -0.05) is 30.3 Å². The lowest BCUT2D eigenvalue weighted by Crippen LogP contribution is -1.79. The number of rotatable bonds is 3. The van der Waals surface area contributed by atoms with E-state index in [0.29, 0.717) is 0 Å². The molecule has 1 heterocycles. The molecule has 0 amide bonds. The third-order valence-corrected chi connectivity index (χ3v) is 3.84. The van der Waals surface area contributed by atoms with Gasteiger partial charge >= 0.3 is 0 Å². The van der Waals surface area contributed by atoms with Gasteiger partial charge in [0.25, 0.3) is 0 Å². The molecule has 2 aromatic carbocycles. The molecule has 0 spiro atoms. The van der Waals surface area contributed by atoms with Crippen LogP contribution < -0.4 is 0 Å². The second-order valence-corrected chi connectivity index (χ2v) is 5.05. The molecular formula is C15H13NS. The van der Waals surface area contributed by atoms with Crippen LogP contribution in [0.2, 0.25) is 0 Å². The van der Waals surface area contributed by atoms with Gasteiger partial charge in [0.2, 0.25) is 0 Å². The number of thioether (sulfide) groups is 1. The van der Waals surface area contributed by atoms with E-state index in [-0.39, 0.29) is 0 Å². The quantitative estimate of drug-likeness (QED) is 0.667. The molecule has 17 heavy (non-hydrogen) atoms. The minimum absolute atomic E-state index is 1.02. The lowest BCUT2D eigenvalue weighted by molar-refractivity contribution is 1.39. The Morgan fingerprint density at radius 2 is 1.82 bits per heavy atom. The van der Waals surface area contributed by atoms with Crippen molar-refractivity contribution < 1.29 is 0 Å². The SMILES string of the molecule is c1ccc(CSc2ccc3[nH]ccc3c2)cc1. The first-order valence-electron chi connectivity index (χ1n) is 5.66. The summed E-state index contributed by atoms with van der Waals surface area (Å²) in [6.45, 7) is 0. The highest BCUT2D eigenvalue weighted by Crippen LogP contribution is 2.25. The summed E-state index contributed by atoms with van der Waals surface area (Å²) in [5.74, 6) is 1.02. The van der Waals surface area contributed by atoms with E-state index in [1.54, 1.807) is 0 Å². The molecule has 0 unspecified atom stereocenters. The van der Waals surface area contributed by atoms with Crippen molar-refractivity contribution in [1.82, 2.24) is 4.98 Å². The molecule has 0 aliphatic heterocycles. The van der Waals surface area contributed by atoms with E-state index in [1.165, 1.54) is 21.4 Å². The van der Waals surface area contributed by atoms with E-state index in [9.17, 15) is 0 Å². The maximum Gasteiger partial charge on any atom is 0.0454 e. The van der Waals surface area contributed by atoms with Crippen LogP contribution >= 0.6 is 11.8 Å². The molecule has 0 aliphatic rings. The van der Waals surface area contributed by atoms with Crippen LogP contribution in [0.4, 0.5) is 0 Å². The van der Waals surface area contributed by atoms with E-state index in [2.05, 4.69) is 59.6 Å². The van der Waals surface area contributed by atoms with Crippen molar-refractivity contribution in [3.05, 3.63) is 66.4 Å². The van der Waals surface area contributed by atoms with Crippen molar-refractivity contribution in [3.8, 4) is 0 Å². The molecule has 0 radical (unpaired) electrons. The predicted octanol–water partition coefficient (Wildman–Crippen LogP) is 4.46. The number of fused-ring (bicyclic) bond motifs is 1. The zero-order chi connectivity index (χ0) is 11.5. The Bertz CT molecular complexity index is 613. The van der Waals surface area contributed by atoms with Gasteiger partial charge in [-0.05, 0) is 29.8 Å². The highest BCUT2D eigenvalue weighted by atomic mass is 32.2. The summed E-state index contributed by atoms with van der Waals surface area (Å²) >= 11 is 1.88. The Labute approximate surface area is 105 Å². The van der Waals surface area contributed by atoms with E-state index in [1.807, 2.05) is 18.0 Å². The van der Waals surface area contributed by atoms with Crippen molar-refractivity contribution in [2.45, 2.75) is 10.6 Å². The van der Waals surface area contributed by atoms with Gasteiger partial charge in [-0.25, -0.2) is 0 Å². The molecule has 0 aliphatic carbocycles. The Balaban J connectivity index is 1.76. The van der Waals surface area contributed by atoms with Crippen LogP contribution in [-0.2, 0) is 5.75 Å². The van der Waals surface area contributed by atoms with Crippen LogP contribution in [0.3, 0.4) is 0 Å². The van der Waals surface area contributed by atoms with Crippen molar-refractivity contribution in [2.75, 3.05) is 0 Å². The Hall–Kier alpha value is -1.67. The van der Waals surface area contributed by atoms with Gasteiger partial charge in [0.15, 0.2) is 0 Å². The van der Waals surface area contributed by atoms with Gasteiger partial charge in [0.1, 0.15) is 0 Å². The molecule has 1 N–H and O–H groups in total. The summed E-state index contributed by atoms with van der Waals surface area (Å²) in [7, 11) is 0. The highest BCUT2D eigenvalue weighted by molar-refractivity contribution is 7.98. The van der Waals surface area contributed by atoms with E-state index in [0.717, 1.165) is 5.75 Å². The molecule has 1 aromatic heterocycles. The molecule has 0 atom stereocenters. The number of H-pyrrole nitrogens is 1. The second kappa shape index (κ2) is 4.68. The number of hydrogen-bond acceptors (Lipinski definition) is 1. The molecule has 1 nitrogen and oxygen atoms in total. The van der Waals surface area contributed by atoms with Gasteiger partial charge < -0.3 is 4.98 Å². The van der Waals surface area contributed by atoms with Crippen molar-refractivity contribution >= 4 is 22.7 Å². The minimum atomic E-state index is 1.02. The third-order valence-electron chi connectivity index (χ3n) is 2.77. The van der Waals surface area contributed by atoms with Crippen LogP contribution in [0.25, 0.3) is 10.9 Å². The molecular weight excluding hydrogens is 226 g/mol. The summed E-state index contributed by atoms with van der Waals surface area (Å²) in [6, 6.07) is 19.2. The number of aromatic nitrogens is 1. The first-order valence-corrected chi connectivity index (χ1v) is 6.64. The zero-order valence-electron chi connectivity index (χ0n) is 9.39. The van der Waals surface area contributed by atoms with Gasteiger partial charge in [0.05, 0.1) is 0 Å². The number of hydrogen-bond donors (Lipinski definition) is 1. The van der Waals surface area contributed by atoms with Crippen molar-refractivity contribution in [2.24, 2.45) is 0 Å². The average Bonchev–Trinajstić information content (AvgIpc) is 2.85. The lowest BCUT2D eigenvalue weighted by atomic mass is 10.2. The number of benzene rings is 2. The average molecular weight is 239 g/mol. The molecule has 0 bridgehead atoms. The van der Waals surface area contributed by atoms with E-state index >= 15 is 0 Å². The fourth-order valence-electron chi connectivity index (χ4n) is 1.86. The third kappa shape index (κ3) is 2.37. The van der Waals surface area contributed by atoms with Crippen LogP contribution in [0, 0.1) is 0 Å². The molecule has 3 aromatic rings. The lowest BCUT2D eigenvalue weighted by Gasteiger charge is -2.02. The summed E-state index contributed by atoms with van der Waals surface area (Å²) in [5.41, 5.74) is 2.57. The summed E-state index contributed by atoms with van der Waals surface area (Å²) in [4.78, 5) is 4.53. The Morgan fingerprint density at radius 3 is 2.71 bits per heavy atom. The molecule has 3 rings (SSSR count). The molecule has 84 valence electrons. The van der Waals surface area contributed by atoms with Crippen LogP contribution in [0.5, 0.6) is 0 Å². The van der Waals surface area contributed by atoms with Crippen LogP contribution in [0.15, 0.2) is 65.7 Å². The number of nitrogens with one attached hydrogen (secondary N) is 1. The normalized spacial score (nSPS) is 10.8. The van der Waals surface area contributed by atoms with Gasteiger partial charge in [-0.2, -0.15) is 0 Å². The Morgan fingerprint density at radius 1 is 0.941 bits per heavy atom. The van der Waals surface area contributed by atoms with E-state index < -0.39 is 0 Å². The first kappa shape index (κ1) is 10.5. The van der Waals surface area contributed by atoms with E-state index in [4.69, 9.17) is 0 Å². The maximum absolute atomic E-state index is 3.21. The topological polar surface area (TPSA) is 15.8 Å². The zero-order valence-corrected chi connectivity index (χ0v) is 10.2. The molecule has 0 fully saturated rings. The maximum atomic E-state index is 3.21. The van der Waals surface area contributed by atoms with Crippen LogP contribution in [-0.4, -0.2) is 4.98 Å². The first-order chi connectivity index (χ1) is 8.42. The van der Waals surface area contributed by atoms with Gasteiger partial charge in [-0.3, -0.25) is 0 Å². The molecule has 2 heteroatoms. The van der Waals surface area contributed by atoms with Gasteiger partial charge in [-0.15, -0.1) is 11.8 Å². The largest absolute Gasteiger partial charge is 0.361 e. The smallest absolute Gasteiger partial charge is 0.0454 e. The molecule has 0 saturated carbocycles. The fraction of sp³-hybridized carbons (Fsp3) is 0.0667. The van der Waals surface area contributed by atoms with Crippen molar-refractivity contribution in [3.63, 3.8) is 0 Å². The number of aromatic amines is 1. The fourth-order valence-corrected chi connectivity index (χ4v) is 2.76. The monoisotopic (exact) mass is 239 g/mol. The second-order valence-electron chi connectivity index (χ2n) is 4.00. The standard InChI is InChI=1S/C15H13NS/c1-2-4-12(5-3-1)11-17-14-6-7-15-13(10-14)8-9-16-15/h1-10,16H,11H2.